The van der Waals surface area contributed by atoms with Crippen molar-refractivity contribution in [3.63, 3.8) is 0 Å². The Morgan fingerprint density at radius 1 is 1.44 bits per heavy atom. The van der Waals surface area contributed by atoms with E-state index in [9.17, 15) is 14.0 Å². The molecule has 8 nitrogen and oxygen atoms in total. The Balaban J connectivity index is 2.93. The fourth-order valence-electron chi connectivity index (χ4n) is 0.823. The maximum Gasteiger partial charge on any atom is 0.393 e. The Kier molecular flexibility index (Phi) is 3.62. The van der Waals surface area contributed by atoms with E-state index in [1.807, 2.05) is 0 Å². The van der Waals surface area contributed by atoms with E-state index in [1.54, 1.807) is 0 Å². The van der Waals surface area contributed by atoms with Crippen LogP contribution in [0.25, 0.3) is 0 Å². The van der Waals surface area contributed by atoms with Crippen molar-refractivity contribution >= 4 is 15.2 Å². The third-order valence-electron chi connectivity index (χ3n) is 1.95. The van der Waals surface area contributed by atoms with Crippen molar-refractivity contribution in [2.24, 2.45) is 7.05 Å². The number of nitrogens with zero attached hydrogens (tertiary/aromatic N) is 2. The standard InChI is InChI=1S/C6H12N2O6P2/c1-5(15(9,10)11)16(12,13)14-6-7-3-4-8(6)2/h3-5H,1-2H3,(H,12,13)(H2,9,10,11). The highest BCUT2D eigenvalue weighted by atomic mass is 31.2. The monoisotopic (exact) mass is 270 g/mol. The fraction of sp³-hybridized carbons (Fsp3) is 0.500. The van der Waals surface area contributed by atoms with Gasteiger partial charge in [0.1, 0.15) is 0 Å². The van der Waals surface area contributed by atoms with Gasteiger partial charge in [0, 0.05) is 19.4 Å². The predicted octanol–water partition coefficient (Wildman–Crippen LogP) is 0.508. The smallest absolute Gasteiger partial charge is 0.390 e. The molecule has 0 saturated heterocycles. The van der Waals surface area contributed by atoms with E-state index in [1.165, 1.54) is 24.0 Å². The van der Waals surface area contributed by atoms with Crippen LogP contribution in [0.2, 0.25) is 0 Å². The number of aryl methyl sites for hydroxylation is 1. The first-order valence-electron chi connectivity index (χ1n) is 4.19. The molecule has 1 rings (SSSR count). The summed E-state index contributed by atoms with van der Waals surface area (Å²) >= 11 is 0. The van der Waals surface area contributed by atoms with Gasteiger partial charge in [-0.1, -0.05) is 0 Å². The maximum atomic E-state index is 11.6. The van der Waals surface area contributed by atoms with Gasteiger partial charge in [-0.05, 0) is 6.92 Å². The summed E-state index contributed by atoms with van der Waals surface area (Å²) in [6.07, 6.45) is 2.80. The molecule has 10 heteroatoms. The lowest BCUT2D eigenvalue weighted by atomic mass is 10.9. The van der Waals surface area contributed by atoms with Crippen LogP contribution in [-0.2, 0) is 16.2 Å². The second-order valence-electron chi connectivity index (χ2n) is 3.20. The molecule has 16 heavy (non-hydrogen) atoms. The first-order valence-corrected chi connectivity index (χ1v) is 7.52. The number of aromatic nitrogens is 2. The van der Waals surface area contributed by atoms with Crippen LogP contribution in [-0.4, -0.2) is 29.6 Å². The van der Waals surface area contributed by atoms with Gasteiger partial charge in [0.15, 0.2) is 5.40 Å². The Bertz CT molecular complexity index is 465. The predicted molar refractivity (Wildman–Crippen MR) is 55.2 cm³/mol. The molecule has 1 heterocycles. The molecule has 0 aromatic carbocycles. The number of rotatable bonds is 4. The van der Waals surface area contributed by atoms with E-state index >= 15 is 0 Å². The van der Waals surface area contributed by atoms with Crippen LogP contribution in [0, 0.1) is 0 Å². The van der Waals surface area contributed by atoms with E-state index in [2.05, 4.69) is 9.51 Å². The molecule has 2 atom stereocenters. The number of hydrogen-bond acceptors (Lipinski definition) is 4. The lowest BCUT2D eigenvalue weighted by Crippen LogP contribution is -2.10. The number of hydrogen-bond donors (Lipinski definition) is 3. The SMILES string of the molecule is CC(P(=O)(O)O)P(=O)(O)Oc1nccn1C. The zero-order chi connectivity index (χ0) is 12.6. The summed E-state index contributed by atoms with van der Waals surface area (Å²) in [5.74, 6) is 0. The van der Waals surface area contributed by atoms with Crippen molar-refractivity contribution in [2.45, 2.75) is 12.3 Å². The van der Waals surface area contributed by atoms with Crippen molar-refractivity contribution in [1.29, 1.82) is 0 Å². The van der Waals surface area contributed by atoms with Gasteiger partial charge in [-0.15, -0.1) is 0 Å². The topological polar surface area (TPSA) is 122 Å². The third-order valence-corrected chi connectivity index (χ3v) is 6.07. The van der Waals surface area contributed by atoms with E-state index < -0.39 is 20.6 Å². The van der Waals surface area contributed by atoms with Gasteiger partial charge in [0.05, 0.1) is 0 Å². The summed E-state index contributed by atoms with van der Waals surface area (Å²) in [4.78, 5) is 30.6. The summed E-state index contributed by atoms with van der Waals surface area (Å²) in [6, 6.07) is -0.175. The molecule has 2 unspecified atom stereocenters. The van der Waals surface area contributed by atoms with E-state index in [-0.39, 0.29) is 6.01 Å². The molecule has 1 aromatic rings. The minimum atomic E-state index is -4.69. The van der Waals surface area contributed by atoms with Gasteiger partial charge in [-0.2, -0.15) is 0 Å². The summed E-state index contributed by atoms with van der Waals surface area (Å²) in [7, 11) is -7.64. The normalized spacial score (nSPS) is 17.8. The van der Waals surface area contributed by atoms with E-state index in [0.717, 1.165) is 6.92 Å². The highest BCUT2D eigenvalue weighted by Crippen LogP contribution is 2.61. The van der Waals surface area contributed by atoms with Crippen LogP contribution in [0.1, 0.15) is 6.92 Å². The van der Waals surface area contributed by atoms with Gasteiger partial charge in [0.2, 0.25) is 0 Å². The average molecular weight is 270 g/mol. The largest absolute Gasteiger partial charge is 0.393 e. The highest BCUT2D eigenvalue weighted by molar-refractivity contribution is 7.71. The molecule has 0 aliphatic rings. The molecule has 0 fully saturated rings. The second-order valence-corrected chi connectivity index (χ2v) is 7.64. The summed E-state index contributed by atoms with van der Waals surface area (Å²) in [6.45, 7) is 0.949. The van der Waals surface area contributed by atoms with Crippen molar-refractivity contribution < 1.29 is 28.3 Å². The molecule has 0 saturated carbocycles. The zero-order valence-electron chi connectivity index (χ0n) is 8.59. The quantitative estimate of drug-likeness (QED) is 0.681. The molecule has 0 amide bonds. The van der Waals surface area contributed by atoms with Crippen molar-refractivity contribution in [1.82, 2.24) is 9.55 Å². The molecule has 0 bridgehead atoms. The minimum Gasteiger partial charge on any atom is -0.390 e. The highest BCUT2D eigenvalue weighted by Gasteiger charge is 2.43. The number of imidazole rings is 1. The van der Waals surface area contributed by atoms with Crippen molar-refractivity contribution in [3.05, 3.63) is 12.4 Å². The summed E-state index contributed by atoms with van der Waals surface area (Å²) in [5.41, 5.74) is 0. The van der Waals surface area contributed by atoms with Gasteiger partial charge in [0.25, 0.3) is 0 Å². The van der Waals surface area contributed by atoms with Gasteiger partial charge < -0.3 is 23.8 Å². The molecular weight excluding hydrogens is 258 g/mol. The van der Waals surface area contributed by atoms with Gasteiger partial charge >= 0.3 is 21.2 Å². The molecule has 1 aromatic heterocycles. The minimum absolute atomic E-state index is 0.175. The molecular formula is C6H12N2O6P2. The van der Waals surface area contributed by atoms with Crippen molar-refractivity contribution in [3.8, 4) is 6.01 Å². The molecule has 0 aliphatic carbocycles. The third kappa shape index (κ3) is 2.93. The Hall–Kier alpha value is -0.650. The molecule has 3 N–H and O–H groups in total. The van der Waals surface area contributed by atoms with Crippen molar-refractivity contribution in [2.75, 3.05) is 0 Å². The maximum absolute atomic E-state index is 11.6. The summed E-state index contributed by atoms with van der Waals surface area (Å²) in [5, 5.41) is -1.79. The summed E-state index contributed by atoms with van der Waals surface area (Å²) < 4.78 is 28.4. The lowest BCUT2D eigenvalue weighted by molar-refractivity contribution is 0.336. The van der Waals surface area contributed by atoms with Crippen LogP contribution in [0.15, 0.2) is 12.4 Å². The van der Waals surface area contributed by atoms with Crippen LogP contribution < -0.4 is 4.52 Å². The molecule has 92 valence electrons. The lowest BCUT2D eigenvalue weighted by Gasteiger charge is -2.19. The first-order chi connectivity index (χ1) is 7.14. The zero-order valence-corrected chi connectivity index (χ0v) is 10.4. The van der Waals surface area contributed by atoms with Crippen LogP contribution in [0.5, 0.6) is 6.01 Å². The van der Waals surface area contributed by atoms with Gasteiger partial charge in [-0.3, -0.25) is 4.57 Å². The average Bonchev–Trinajstić information content (AvgIpc) is 2.48. The van der Waals surface area contributed by atoms with E-state index in [0.29, 0.717) is 0 Å². The van der Waals surface area contributed by atoms with Crippen LogP contribution in [0.4, 0.5) is 0 Å². The first kappa shape index (κ1) is 13.4. The molecule has 0 radical (unpaired) electrons. The van der Waals surface area contributed by atoms with Gasteiger partial charge in [-0.25, -0.2) is 9.55 Å². The van der Waals surface area contributed by atoms with Crippen LogP contribution in [0.3, 0.4) is 0 Å². The Morgan fingerprint density at radius 3 is 2.38 bits per heavy atom. The second kappa shape index (κ2) is 4.31. The Labute approximate surface area is 91.6 Å². The van der Waals surface area contributed by atoms with E-state index in [4.69, 9.17) is 9.79 Å². The molecule has 0 spiro atoms. The molecule has 0 aliphatic heterocycles. The van der Waals surface area contributed by atoms with Crippen LogP contribution >= 0.6 is 15.2 Å². The Morgan fingerprint density at radius 2 is 2.00 bits per heavy atom. The fourth-order valence-corrected chi connectivity index (χ4v) is 3.05.